The molecule has 1 saturated carbocycles. The van der Waals surface area contributed by atoms with Crippen LogP contribution in [0.4, 0.5) is 0 Å². The Balaban J connectivity index is 1.62. The van der Waals surface area contributed by atoms with Gasteiger partial charge in [-0.1, -0.05) is 30.3 Å². The SMILES string of the molecule is NC(=O)C1CC(C2CC2c2ccccc2)CCN1. The van der Waals surface area contributed by atoms with Gasteiger partial charge in [-0.15, -0.1) is 0 Å². The monoisotopic (exact) mass is 244 g/mol. The van der Waals surface area contributed by atoms with Gasteiger partial charge in [0, 0.05) is 0 Å². The molecule has 0 aromatic heterocycles. The third kappa shape index (κ3) is 2.27. The second kappa shape index (κ2) is 4.73. The molecule has 18 heavy (non-hydrogen) atoms. The Kier molecular flexibility index (Phi) is 3.08. The highest BCUT2D eigenvalue weighted by molar-refractivity contribution is 5.79. The molecule has 2 fully saturated rings. The molecule has 0 radical (unpaired) electrons. The molecule has 1 amide bonds. The fourth-order valence-electron chi connectivity index (χ4n) is 3.37. The van der Waals surface area contributed by atoms with Gasteiger partial charge in [0.25, 0.3) is 0 Å². The van der Waals surface area contributed by atoms with E-state index < -0.39 is 0 Å². The van der Waals surface area contributed by atoms with Crippen molar-refractivity contribution in [1.29, 1.82) is 0 Å². The number of amides is 1. The molecule has 4 atom stereocenters. The third-order valence-electron chi connectivity index (χ3n) is 4.46. The minimum absolute atomic E-state index is 0.110. The zero-order chi connectivity index (χ0) is 12.5. The first-order chi connectivity index (χ1) is 8.75. The standard InChI is InChI=1S/C15H20N2O/c16-15(18)14-8-11(6-7-17-14)13-9-12(13)10-4-2-1-3-5-10/h1-5,11-14,17H,6-9H2,(H2,16,18). The zero-order valence-electron chi connectivity index (χ0n) is 10.5. The average Bonchev–Trinajstić information content (AvgIpc) is 3.20. The Morgan fingerprint density at radius 1 is 1.22 bits per heavy atom. The van der Waals surface area contributed by atoms with E-state index in [4.69, 9.17) is 5.73 Å². The van der Waals surface area contributed by atoms with E-state index in [2.05, 4.69) is 35.6 Å². The van der Waals surface area contributed by atoms with E-state index in [1.807, 2.05) is 0 Å². The molecular weight excluding hydrogens is 224 g/mol. The zero-order valence-corrected chi connectivity index (χ0v) is 10.5. The van der Waals surface area contributed by atoms with Crippen LogP contribution in [0.5, 0.6) is 0 Å². The summed E-state index contributed by atoms with van der Waals surface area (Å²) in [4.78, 5) is 11.3. The maximum absolute atomic E-state index is 11.3. The van der Waals surface area contributed by atoms with Crippen molar-refractivity contribution in [1.82, 2.24) is 5.32 Å². The van der Waals surface area contributed by atoms with Gasteiger partial charge >= 0.3 is 0 Å². The average molecular weight is 244 g/mol. The van der Waals surface area contributed by atoms with Crippen molar-refractivity contribution in [3.8, 4) is 0 Å². The predicted octanol–water partition coefficient (Wildman–Crippen LogP) is 1.64. The number of nitrogens with one attached hydrogen (secondary N) is 1. The van der Waals surface area contributed by atoms with Crippen LogP contribution >= 0.6 is 0 Å². The molecule has 1 saturated heterocycles. The number of carbonyl (C=O) groups is 1. The maximum Gasteiger partial charge on any atom is 0.234 e. The molecule has 1 aliphatic heterocycles. The number of hydrogen-bond acceptors (Lipinski definition) is 2. The van der Waals surface area contributed by atoms with Gasteiger partial charge in [-0.05, 0) is 49.1 Å². The van der Waals surface area contributed by atoms with Crippen molar-refractivity contribution in [2.24, 2.45) is 17.6 Å². The van der Waals surface area contributed by atoms with Crippen molar-refractivity contribution in [2.75, 3.05) is 6.54 Å². The lowest BCUT2D eigenvalue weighted by atomic mass is 9.86. The molecule has 2 aliphatic rings. The number of benzene rings is 1. The van der Waals surface area contributed by atoms with Crippen LogP contribution in [0.2, 0.25) is 0 Å². The van der Waals surface area contributed by atoms with Gasteiger partial charge in [-0.3, -0.25) is 4.79 Å². The summed E-state index contributed by atoms with van der Waals surface area (Å²) >= 11 is 0. The molecule has 1 aliphatic carbocycles. The Hall–Kier alpha value is -1.35. The van der Waals surface area contributed by atoms with E-state index >= 15 is 0 Å². The molecule has 3 heteroatoms. The lowest BCUT2D eigenvalue weighted by molar-refractivity contribution is -0.120. The molecule has 1 aromatic rings. The van der Waals surface area contributed by atoms with Gasteiger partial charge in [-0.25, -0.2) is 0 Å². The Bertz CT molecular complexity index is 431. The normalized spacial score (nSPS) is 35.1. The van der Waals surface area contributed by atoms with Crippen molar-refractivity contribution in [3.05, 3.63) is 35.9 Å². The Morgan fingerprint density at radius 2 is 2.00 bits per heavy atom. The van der Waals surface area contributed by atoms with Crippen LogP contribution in [0.3, 0.4) is 0 Å². The second-order valence-corrected chi connectivity index (χ2v) is 5.61. The van der Waals surface area contributed by atoms with E-state index in [1.165, 1.54) is 18.4 Å². The molecule has 4 unspecified atom stereocenters. The highest BCUT2D eigenvalue weighted by Gasteiger charge is 2.45. The van der Waals surface area contributed by atoms with Gasteiger partial charge in [0.05, 0.1) is 6.04 Å². The van der Waals surface area contributed by atoms with E-state index in [1.54, 1.807) is 0 Å². The van der Waals surface area contributed by atoms with E-state index in [0.717, 1.165) is 18.9 Å². The van der Waals surface area contributed by atoms with E-state index in [9.17, 15) is 4.79 Å². The molecule has 1 heterocycles. The Morgan fingerprint density at radius 3 is 2.72 bits per heavy atom. The minimum atomic E-state index is -0.198. The number of hydrogen-bond donors (Lipinski definition) is 2. The van der Waals surface area contributed by atoms with Gasteiger partial charge in [-0.2, -0.15) is 0 Å². The number of nitrogens with two attached hydrogens (primary N) is 1. The first-order valence-corrected chi connectivity index (χ1v) is 6.83. The first kappa shape index (κ1) is 11.7. The summed E-state index contributed by atoms with van der Waals surface area (Å²) in [5.74, 6) is 1.93. The summed E-state index contributed by atoms with van der Waals surface area (Å²) in [5, 5.41) is 3.21. The highest BCUT2D eigenvalue weighted by Crippen LogP contribution is 2.54. The lowest BCUT2D eigenvalue weighted by Crippen LogP contribution is -2.47. The minimum Gasteiger partial charge on any atom is -0.368 e. The summed E-state index contributed by atoms with van der Waals surface area (Å²) in [6, 6.07) is 10.6. The van der Waals surface area contributed by atoms with Gasteiger partial charge in [0.15, 0.2) is 0 Å². The van der Waals surface area contributed by atoms with Crippen LogP contribution in [0.15, 0.2) is 30.3 Å². The molecule has 0 spiro atoms. The van der Waals surface area contributed by atoms with E-state index in [0.29, 0.717) is 11.8 Å². The molecule has 3 N–H and O–H groups in total. The van der Waals surface area contributed by atoms with Gasteiger partial charge in [0.2, 0.25) is 5.91 Å². The molecule has 0 bridgehead atoms. The summed E-state index contributed by atoms with van der Waals surface area (Å²) in [5.41, 5.74) is 6.85. The Labute approximate surface area is 108 Å². The third-order valence-corrected chi connectivity index (χ3v) is 4.46. The van der Waals surface area contributed by atoms with Crippen molar-refractivity contribution in [2.45, 2.75) is 31.2 Å². The van der Waals surface area contributed by atoms with Crippen LogP contribution in [-0.2, 0) is 4.79 Å². The summed E-state index contributed by atoms with van der Waals surface area (Å²) < 4.78 is 0. The smallest absolute Gasteiger partial charge is 0.234 e. The van der Waals surface area contributed by atoms with Crippen molar-refractivity contribution in [3.63, 3.8) is 0 Å². The van der Waals surface area contributed by atoms with E-state index in [-0.39, 0.29) is 11.9 Å². The first-order valence-electron chi connectivity index (χ1n) is 6.83. The molecule has 3 nitrogen and oxygen atoms in total. The number of carbonyl (C=O) groups excluding carboxylic acids is 1. The van der Waals surface area contributed by atoms with Crippen LogP contribution in [0, 0.1) is 11.8 Å². The molecule has 1 aromatic carbocycles. The molecule has 96 valence electrons. The van der Waals surface area contributed by atoms with Gasteiger partial charge in [0.1, 0.15) is 0 Å². The molecule has 3 rings (SSSR count). The van der Waals surface area contributed by atoms with Gasteiger partial charge < -0.3 is 11.1 Å². The van der Waals surface area contributed by atoms with Crippen LogP contribution < -0.4 is 11.1 Å². The van der Waals surface area contributed by atoms with Crippen molar-refractivity contribution >= 4 is 5.91 Å². The number of piperidine rings is 1. The van der Waals surface area contributed by atoms with Crippen molar-refractivity contribution < 1.29 is 4.79 Å². The van der Waals surface area contributed by atoms with Crippen LogP contribution in [0.1, 0.15) is 30.7 Å². The quantitative estimate of drug-likeness (QED) is 0.849. The number of primary amides is 1. The largest absolute Gasteiger partial charge is 0.368 e. The fraction of sp³-hybridized carbons (Fsp3) is 0.533. The summed E-state index contributed by atoms with van der Waals surface area (Å²) in [7, 11) is 0. The lowest BCUT2D eigenvalue weighted by Gasteiger charge is -2.28. The highest BCUT2D eigenvalue weighted by atomic mass is 16.1. The maximum atomic E-state index is 11.3. The van der Waals surface area contributed by atoms with Crippen LogP contribution in [-0.4, -0.2) is 18.5 Å². The topological polar surface area (TPSA) is 55.1 Å². The summed E-state index contributed by atoms with van der Waals surface area (Å²) in [6.07, 6.45) is 3.38. The fourth-order valence-corrected chi connectivity index (χ4v) is 3.37. The molecular formula is C15H20N2O. The van der Waals surface area contributed by atoms with Crippen LogP contribution in [0.25, 0.3) is 0 Å². The summed E-state index contributed by atoms with van der Waals surface area (Å²) in [6.45, 7) is 0.927. The predicted molar refractivity (Wildman–Crippen MR) is 71.0 cm³/mol. The second-order valence-electron chi connectivity index (χ2n) is 5.61. The number of rotatable bonds is 3.